The highest BCUT2D eigenvalue weighted by Gasteiger charge is 2.25. The van der Waals surface area contributed by atoms with Gasteiger partial charge in [-0.05, 0) is 54.4 Å². The highest BCUT2D eigenvalue weighted by atomic mass is 16.3. The molecule has 27 heavy (non-hydrogen) atoms. The number of amides is 1. The molecule has 3 nitrogen and oxygen atoms in total. The highest BCUT2D eigenvalue weighted by Crippen LogP contribution is 2.32. The second kappa shape index (κ2) is 9.89. The van der Waals surface area contributed by atoms with E-state index in [1.807, 2.05) is 30.3 Å². The Hall–Kier alpha value is -1.87. The average molecular weight is 368 g/mol. The Labute approximate surface area is 163 Å². The van der Waals surface area contributed by atoms with E-state index in [-0.39, 0.29) is 11.8 Å². The van der Waals surface area contributed by atoms with Gasteiger partial charge in [-0.1, -0.05) is 68.7 Å². The maximum Gasteiger partial charge on any atom is 0.223 e. The molecular formula is C24H33NO2. The first-order chi connectivity index (χ1) is 13.2. The summed E-state index contributed by atoms with van der Waals surface area (Å²) >= 11 is 0. The van der Waals surface area contributed by atoms with Gasteiger partial charge in [-0.3, -0.25) is 4.79 Å². The summed E-state index contributed by atoms with van der Waals surface area (Å²) in [6.45, 7) is 2.77. The molecule has 146 valence electrons. The molecule has 1 aliphatic carbocycles. The zero-order chi connectivity index (χ0) is 19.1. The molecule has 0 bridgehead atoms. The average Bonchev–Trinajstić information content (AvgIpc) is 2.72. The van der Waals surface area contributed by atoms with E-state index < -0.39 is 6.10 Å². The van der Waals surface area contributed by atoms with Crippen LogP contribution in [0.15, 0.2) is 42.5 Å². The van der Waals surface area contributed by atoms with Gasteiger partial charge in [0.2, 0.25) is 5.91 Å². The summed E-state index contributed by atoms with van der Waals surface area (Å²) in [7, 11) is 0. The Balaban J connectivity index is 1.45. The van der Waals surface area contributed by atoms with Gasteiger partial charge in [-0.25, -0.2) is 0 Å². The fourth-order valence-electron chi connectivity index (χ4n) is 4.38. The first kappa shape index (κ1) is 19.9. The Bertz CT molecular complexity index is 729. The number of unbranched alkanes of at least 4 members (excludes halogenated alkanes) is 1. The van der Waals surface area contributed by atoms with Crippen molar-refractivity contribution < 1.29 is 9.90 Å². The molecule has 0 spiro atoms. The van der Waals surface area contributed by atoms with E-state index in [2.05, 4.69) is 24.4 Å². The van der Waals surface area contributed by atoms with Crippen molar-refractivity contribution in [3.8, 4) is 0 Å². The van der Waals surface area contributed by atoms with Crippen LogP contribution < -0.4 is 5.32 Å². The Kier molecular flexibility index (Phi) is 7.28. The first-order valence-electron chi connectivity index (χ1n) is 10.6. The van der Waals surface area contributed by atoms with E-state index in [0.717, 1.165) is 35.1 Å². The van der Waals surface area contributed by atoms with Crippen LogP contribution >= 0.6 is 0 Å². The molecule has 0 saturated heterocycles. The van der Waals surface area contributed by atoms with Crippen LogP contribution in [0.25, 0.3) is 10.8 Å². The number of aliphatic hydroxyl groups is 1. The second-order valence-electron chi connectivity index (χ2n) is 8.02. The number of benzene rings is 2. The predicted molar refractivity (Wildman–Crippen MR) is 112 cm³/mol. The van der Waals surface area contributed by atoms with Gasteiger partial charge in [0.15, 0.2) is 0 Å². The Morgan fingerprint density at radius 2 is 1.85 bits per heavy atom. The third kappa shape index (κ3) is 5.32. The van der Waals surface area contributed by atoms with Crippen LogP contribution in [0.2, 0.25) is 0 Å². The van der Waals surface area contributed by atoms with E-state index in [1.54, 1.807) is 0 Å². The van der Waals surface area contributed by atoms with Crippen molar-refractivity contribution in [3.05, 3.63) is 48.0 Å². The van der Waals surface area contributed by atoms with Crippen LogP contribution in [0, 0.1) is 11.8 Å². The third-order valence-electron chi connectivity index (χ3n) is 6.08. The normalized spacial score (nSPS) is 21.1. The number of hydrogen-bond acceptors (Lipinski definition) is 2. The zero-order valence-corrected chi connectivity index (χ0v) is 16.5. The number of aliphatic hydroxyl groups excluding tert-OH is 1. The number of nitrogens with one attached hydrogen (secondary N) is 1. The lowest BCUT2D eigenvalue weighted by molar-refractivity contribution is -0.126. The monoisotopic (exact) mass is 367 g/mol. The minimum atomic E-state index is -0.554. The zero-order valence-electron chi connectivity index (χ0n) is 16.5. The van der Waals surface area contributed by atoms with E-state index >= 15 is 0 Å². The summed E-state index contributed by atoms with van der Waals surface area (Å²) in [4.78, 5) is 12.5. The van der Waals surface area contributed by atoms with E-state index in [9.17, 15) is 9.90 Å². The molecule has 2 aromatic rings. The van der Waals surface area contributed by atoms with Crippen molar-refractivity contribution in [1.29, 1.82) is 0 Å². The SMILES string of the molecule is CCCCC1CCC(C(=O)NCCC(O)c2cccc3ccccc23)CC1. The van der Waals surface area contributed by atoms with Crippen LogP contribution in [-0.2, 0) is 4.79 Å². The van der Waals surface area contributed by atoms with Crippen molar-refractivity contribution in [2.75, 3.05) is 6.54 Å². The van der Waals surface area contributed by atoms with Gasteiger partial charge < -0.3 is 10.4 Å². The van der Waals surface area contributed by atoms with Crippen molar-refractivity contribution in [2.45, 2.75) is 64.4 Å². The van der Waals surface area contributed by atoms with Gasteiger partial charge >= 0.3 is 0 Å². The lowest BCUT2D eigenvalue weighted by atomic mass is 9.79. The minimum Gasteiger partial charge on any atom is -0.388 e. The standard InChI is InChI=1S/C24H33NO2/c1-2-3-7-18-12-14-20(15-13-18)24(27)25-17-16-23(26)22-11-6-9-19-8-4-5-10-21(19)22/h4-6,8-11,18,20,23,26H,2-3,7,12-17H2,1H3,(H,25,27). The first-order valence-corrected chi connectivity index (χ1v) is 10.6. The predicted octanol–water partition coefficient (Wildman–Crippen LogP) is 5.38. The Morgan fingerprint density at radius 3 is 2.63 bits per heavy atom. The largest absolute Gasteiger partial charge is 0.388 e. The van der Waals surface area contributed by atoms with Crippen LogP contribution in [0.4, 0.5) is 0 Å². The number of hydrogen-bond donors (Lipinski definition) is 2. The van der Waals surface area contributed by atoms with Gasteiger partial charge in [0.25, 0.3) is 0 Å². The van der Waals surface area contributed by atoms with Crippen molar-refractivity contribution in [2.24, 2.45) is 11.8 Å². The fourth-order valence-corrected chi connectivity index (χ4v) is 4.38. The third-order valence-corrected chi connectivity index (χ3v) is 6.08. The number of fused-ring (bicyclic) bond motifs is 1. The van der Waals surface area contributed by atoms with E-state index in [1.165, 1.54) is 32.1 Å². The molecule has 0 aliphatic heterocycles. The van der Waals surface area contributed by atoms with Crippen LogP contribution in [0.3, 0.4) is 0 Å². The molecule has 2 N–H and O–H groups in total. The van der Waals surface area contributed by atoms with Gasteiger partial charge in [-0.15, -0.1) is 0 Å². The fraction of sp³-hybridized carbons (Fsp3) is 0.542. The molecule has 1 saturated carbocycles. The van der Waals surface area contributed by atoms with Crippen LogP contribution in [-0.4, -0.2) is 17.6 Å². The summed E-state index contributed by atoms with van der Waals surface area (Å²) in [5, 5.41) is 15.9. The Morgan fingerprint density at radius 1 is 1.11 bits per heavy atom. The molecule has 0 heterocycles. The number of rotatable bonds is 8. The molecule has 1 fully saturated rings. The summed E-state index contributed by atoms with van der Waals surface area (Å²) in [5.41, 5.74) is 0.943. The van der Waals surface area contributed by atoms with Gasteiger partial charge in [-0.2, -0.15) is 0 Å². The highest BCUT2D eigenvalue weighted by molar-refractivity contribution is 5.86. The van der Waals surface area contributed by atoms with Crippen molar-refractivity contribution in [1.82, 2.24) is 5.32 Å². The second-order valence-corrected chi connectivity index (χ2v) is 8.02. The van der Waals surface area contributed by atoms with Crippen LogP contribution in [0.5, 0.6) is 0 Å². The van der Waals surface area contributed by atoms with Crippen molar-refractivity contribution in [3.63, 3.8) is 0 Å². The van der Waals surface area contributed by atoms with Crippen LogP contribution in [0.1, 0.15) is 70.0 Å². The summed E-state index contributed by atoms with van der Waals surface area (Å²) < 4.78 is 0. The topological polar surface area (TPSA) is 49.3 Å². The molecule has 1 atom stereocenters. The molecule has 2 aromatic carbocycles. The van der Waals surface area contributed by atoms with Gasteiger partial charge in [0.1, 0.15) is 0 Å². The quantitative estimate of drug-likeness (QED) is 0.658. The molecule has 0 aromatic heterocycles. The lowest BCUT2D eigenvalue weighted by Gasteiger charge is -2.27. The molecule has 1 aliphatic rings. The minimum absolute atomic E-state index is 0.164. The number of carbonyl (C=O) groups is 1. The molecular weight excluding hydrogens is 334 g/mol. The summed E-state index contributed by atoms with van der Waals surface area (Å²) in [6.07, 6.45) is 8.31. The summed E-state index contributed by atoms with van der Waals surface area (Å²) in [5.74, 6) is 1.16. The molecule has 3 rings (SSSR count). The van der Waals surface area contributed by atoms with E-state index in [0.29, 0.717) is 13.0 Å². The molecule has 1 unspecified atom stereocenters. The molecule has 0 radical (unpaired) electrons. The molecule has 3 heteroatoms. The molecule has 1 amide bonds. The lowest BCUT2D eigenvalue weighted by Crippen LogP contribution is -2.34. The smallest absolute Gasteiger partial charge is 0.223 e. The van der Waals surface area contributed by atoms with Crippen molar-refractivity contribution >= 4 is 16.7 Å². The maximum atomic E-state index is 12.5. The summed E-state index contributed by atoms with van der Waals surface area (Å²) in [6, 6.07) is 14.1. The van der Waals surface area contributed by atoms with Gasteiger partial charge in [0.05, 0.1) is 6.10 Å². The number of carbonyl (C=O) groups excluding carboxylic acids is 1. The maximum absolute atomic E-state index is 12.5. The van der Waals surface area contributed by atoms with E-state index in [4.69, 9.17) is 0 Å². The van der Waals surface area contributed by atoms with Gasteiger partial charge in [0, 0.05) is 12.5 Å².